The van der Waals surface area contributed by atoms with E-state index in [4.69, 9.17) is 21.6 Å². The minimum atomic E-state index is -2.07. The topological polar surface area (TPSA) is 510 Å². The molecule has 2 aliphatic rings. The van der Waals surface area contributed by atoms with Crippen molar-refractivity contribution in [1.82, 2.24) is 42.5 Å². The van der Waals surface area contributed by atoms with Gasteiger partial charge in [-0.25, -0.2) is 4.79 Å². The van der Waals surface area contributed by atoms with Gasteiger partial charge in [0, 0.05) is 47.1 Å². The number of aromatic hydroxyl groups is 1. The zero-order valence-corrected chi connectivity index (χ0v) is 45.5. The van der Waals surface area contributed by atoms with Gasteiger partial charge in [0.15, 0.2) is 5.43 Å². The molecule has 30 nitrogen and oxygen atoms in total. The lowest BCUT2D eigenvalue weighted by molar-refractivity contribution is -0.141. The van der Waals surface area contributed by atoms with E-state index in [2.05, 4.69) is 37.2 Å². The number of aromatic carboxylic acids is 1. The summed E-state index contributed by atoms with van der Waals surface area (Å²) >= 11 is 0. The predicted molar refractivity (Wildman–Crippen MR) is 297 cm³/mol. The Balaban J connectivity index is 1.22. The zero-order chi connectivity index (χ0) is 62.8. The third kappa shape index (κ3) is 18.3. The highest BCUT2D eigenvalue weighted by atomic mass is 16.4. The van der Waals surface area contributed by atoms with Crippen molar-refractivity contribution in [2.24, 2.45) is 17.2 Å². The number of phenolic OH excluding ortho intramolecular Hbond substituents is 1. The summed E-state index contributed by atoms with van der Waals surface area (Å²) in [5.74, 6) is -14.2. The van der Waals surface area contributed by atoms with Crippen LogP contribution in [0.15, 0.2) is 94.1 Å². The lowest BCUT2D eigenvalue weighted by atomic mass is 9.90. The van der Waals surface area contributed by atoms with Gasteiger partial charge in [-0.05, 0) is 80.8 Å². The number of nitrogens with one attached hydrogen (secondary N) is 8. The summed E-state index contributed by atoms with van der Waals surface area (Å²) in [7, 11) is 0. The van der Waals surface area contributed by atoms with Gasteiger partial charge in [0.2, 0.25) is 53.2 Å². The molecular formula is C55H63N11O19. The van der Waals surface area contributed by atoms with E-state index in [1.807, 2.05) is 5.32 Å². The number of aliphatic carboxylic acids is 1. The molecule has 10 amide bonds. The number of hydrogen-bond acceptors (Lipinski definition) is 18. The number of aliphatic hydroxyl groups excluding tert-OH is 2. The molecule has 1 aliphatic heterocycles. The average Bonchev–Trinajstić information content (AvgIpc) is 2.02. The first-order valence-electron chi connectivity index (χ1n) is 26.0. The summed E-state index contributed by atoms with van der Waals surface area (Å²) in [5, 5.41) is 68.8. The molecule has 0 aromatic heterocycles. The molecule has 0 saturated heterocycles. The second kappa shape index (κ2) is 30.1. The number of carboxylic acids is 2. The molecule has 0 unspecified atom stereocenters. The van der Waals surface area contributed by atoms with Crippen LogP contribution in [0.3, 0.4) is 0 Å². The third-order valence-electron chi connectivity index (χ3n) is 12.9. The van der Waals surface area contributed by atoms with Crippen LogP contribution < -0.4 is 65.2 Å². The Kier molecular flexibility index (Phi) is 23.2. The number of aliphatic hydroxyl groups is 2. The van der Waals surface area contributed by atoms with Crippen molar-refractivity contribution in [2.75, 3.05) is 19.7 Å². The van der Waals surface area contributed by atoms with E-state index in [-0.39, 0.29) is 53.2 Å². The number of carbonyl (C=O) groups excluding carboxylic acids is 10. The maximum atomic E-state index is 13.8. The van der Waals surface area contributed by atoms with E-state index >= 15 is 0 Å². The van der Waals surface area contributed by atoms with Crippen LogP contribution in [0.25, 0.3) is 33.4 Å². The van der Waals surface area contributed by atoms with Crippen LogP contribution in [0.1, 0.15) is 65.8 Å². The summed E-state index contributed by atoms with van der Waals surface area (Å²) in [5.41, 5.74) is 16.9. The van der Waals surface area contributed by atoms with E-state index in [0.717, 1.165) is 6.07 Å². The SMILES string of the molecule is C[C@H](NC(=O)[C@H](CCN)NC(=O)[C@H](CCC(N)=O)NC(=O)[C@H](CC(=O)O)NC(=O)[C@H](CO)NC(=O)CNC(=O)c1ccc(-c2c3ccc(=O)cc-3oc3cc(O)ccc23)c(C(=O)O)c1)C(=O)N[C@H](C(=O)N[C@@H](Cc1ccccc1)C(N)=O)[C@@H](C)O. The fourth-order valence-corrected chi connectivity index (χ4v) is 8.52. The first kappa shape index (κ1) is 65.5. The summed E-state index contributed by atoms with van der Waals surface area (Å²) in [4.78, 5) is 168. The van der Waals surface area contributed by atoms with Gasteiger partial charge in [-0.1, -0.05) is 36.4 Å². The van der Waals surface area contributed by atoms with E-state index in [9.17, 15) is 87.9 Å². The summed E-state index contributed by atoms with van der Waals surface area (Å²) in [6, 6.07) is 8.17. The van der Waals surface area contributed by atoms with Crippen molar-refractivity contribution in [1.29, 1.82) is 0 Å². The normalized spacial score (nSPS) is 13.8. The quantitative estimate of drug-likeness (QED) is 0.0197. The summed E-state index contributed by atoms with van der Waals surface area (Å²) in [6.45, 7) is 0.0230. The average molecular weight is 1180 g/mol. The van der Waals surface area contributed by atoms with Crippen LogP contribution in [0.4, 0.5) is 0 Å². The third-order valence-corrected chi connectivity index (χ3v) is 12.9. The Morgan fingerprint density at radius 2 is 1.25 bits per heavy atom. The van der Waals surface area contributed by atoms with Crippen LogP contribution in [0.2, 0.25) is 0 Å². The number of carbonyl (C=O) groups is 12. The lowest BCUT2D eigenvalue weighted by Gasteiger charge is -2.27. The maximum absolute atomic E-state index is 13.8. The molecule has 5 rings (SSSR count). The van der Waals surface area contributed by atoms with Crippen LogP contribution in [0, 0.1) is 0 Å². The van der Waals surface area contributed by atoms with Crippen LogP contribution >= 0.6 is 0 Å². The molecule has 85 heavy (non-hydrogen) atoms. The molecule has 8 atom stereocenters. The molecule has 30 heteroatoms. The number of primary amides is 2. The first-order chi connectivity index (χ1) is 40.2. The number of hydrogen-bond donors (Lipinski definition) is 16. The number of nitrogens with two attached hydrogens (primary N) is 3. The van der Waals surface area contributed by atoms with Gasteiger partial charge in [0.05, 0.1) is 31.2 Å². The van der Waals surface area contributed by atoms with Gasteiger partial charge in [-0.3, -0.25) is 57.5 Å². The van der Waals surface area contributed by atoms with E-state index in [1.54, 1.807) is 30.3 Å². The van der Waals surface area contributed by atoms with Crippen molar-refractivity contribution in [3.63, 3.8) is 0 Å². The van der Waals surface area contributed by atoms with Gasteiger partial charge in [0.1, 0.15) is 59.4 Å². The predicted octanol–water partition coefficient (Wildman–Crippen LogP) is -3.70. The molecule has 3 aromatic carbocycles. The highest BCUT2D eigenvalue weighted by Gasteiger charge is 2.35. The van der Waals surface area contributed by atoms with Crippen LogP contribution in [-0.2, 0) is 54.4 Å². The Morgan fingerprint density at radius 1 is 0.635 bits per heavy atom. The van der Waals surface area contributed by atoms with Crippen LogP contribution in [0.5, 0.6) is 5.75 Å². The number of benzene rings is 4. The molecule has 452 valence electrons. The Bertz CT molecular complexity index is 3390. The number of amides is 10. The van der Waals surface area contributed by atoms with Crippen molar-refractivity contribution in [3.05, 3.63) is 112 Å². The number of rotatable bonds is 30. The number of phenols is 1. The molecule has 0 saturated carbocycles. The Morgan fingerprint density at radius 3 is 1.86 bits per heavy atom. The number of fused-ring (bicyclic) bond motifs is 2. The fourth-order valence-electron chi connectivity index (χ4n) is 8.52. The second-order valence-electron chi connectivity index (χ2n) is 19.3. The van der Waals surface area contributed by atoms with E-state index in [1.165, 1.54) is 62.4 Å². The summed E-state index contributed by atoms with van der Waals surface area (Å²) in [6.07, 6.45) is -4.20. The molecule has 3 aromatic rings. The largest absolute Gasteiger partial charge is 0.508 e. The first-order valence-corrected chi connectivity index (χ1v) is 26.0. The van der Waals surface area contributed by atoms with Crippen molar-refractivity contribution in [3.8, 4) is 28.2 Å². The molecular weight excluding hydrogens is 1120 g/mol. The van der Waals surface area contributed by atoms with E-state index in [0.29, 0.717) is 16.5 Å². The molecule has 0 spiro atoms. The molecule has 1 aliphatic carbocycles. The maximum Gasteiger partial charge on any atom is 0.336 e. The molecule has 19 N–H and O–H groups in total. The van der Waals surface area contributed by atoms with Crippen molar-refractivity contribution in [2.45, 2.75) is 94.3 Å². The van der Waals surface area contributed by atoms with Gasteiger partial charge in [0.25, 0.3) is 5.91 Å². The fraction of sp³-hybridized carbons (Fsp3) is 0.327. The van der Waals surface area contributed by atoms with Gasteiger partial charge in [-0.2, -0.15) is 0 Å². The highest BCUT2D eigenvalue weighted by Crippen LogP contribution is 2.42. The molecule has 1 heterocycles. The molecule has 0 radical (unpaired) electrons. The van der Waals surface area contributed by atoms with Gasteiger partial charge in [-0.15, -0.1) is 0 Å². The monoisotopic (exact) mass is 1180 g/mol. The highest BCUT2D eigenvalue weighted by molar-refractivity contribution is 6.09. The van der Waals surface area contributed by atoms with Crippen molar-refractivity contribution >= 4 is 82.0 Å². The lowest BCUT2D eigenvalue weighted by Crippen LogP contribution is -2.61. The molecule has 0 bridgehead atoms. The minimum Gasteiger partial charge on any atom is -0.508 e. The standard InChI is InChI=1S/C55H63N11O19/c1-25(48(76)66-46(26(2)68)54(82)64-37(47(58)75)18-27-6-4-3-5-7-27)60-50(78)36(16-17-56)63-51(79)35(14-15-42(57)71)62-52(80)38(22-44(73)74)65-53(81)39(24-67)61-43(72)23-59-49(77)28-8-11-31(34(19-28)55(83)84)45-32-12-9-29(69)20-40(32)85-41-21-30(70)10-13-33(41)45/h3-13,19-21,25-26,35-39,46,67-69H,14-18,22-24,56H2,1-2H3,(H2,57,71)(H2,58,75)(H,59,77)(H,60,78)(H,61,72)(H,62,80)(H,63,79)(H,64,82)(H,65,81)(H,66,76)(H,73,74)(H,83,84)/t25-,26+,35-,36-,37-,38-,39-,46-/m0/s1. The van der Waals surface area contributed by atoms with Gasteiger partial charge >= 0.3 is 11.9 Å². The van der Waals surface area contributed by atoms with Gasteiger partial charge < -0.3 is 89.7 Å². The molecule has 0 fully saturated rings. The summed E-state index contributed by atoms with van der Waals surface area (Å²) < 4.78 is 5.83. The zero-order valence-electron chi connectivity index (χ0n) is 45.5. The minimum absolute atomic E-state index is 0.0226. The smallest absolute Gasteiger partial charge is 0.336 e. The Labute approximate surface area is 482 Å². The van der Waals surface area contributed by atoms with Crippen molar-refractivity contribution < 1.29 is 87.5 Å². The van der Waals surface area contributed by atoms with Crippen LogP contribution in [-0.4, -0.2) is 165 Å². The Hall–Kier alpha value is -10.3. The second-order valence-corrected chi connectivity index (χ2v) is 19.3. The number of carboxylic acid groups (broad SMARTS) is 2. The van der Waals surface area contributed by atoms with E-state index < -0.39 is 163 Å².